The third-order valence-corrected chi connectivity index (χ3v) is 2.84. The van der Waals surface area contributed by atoms with Gasteiger partial charge >= 0.3 is 5.97 Å². The van der Waals surface area contributed by atoms with Gasteiger partial charge < -0.3 is 19.2 Å². The third kappa shape index (κ3) is 4.24. The largest absolute Gasteiger partial charge is 0.497 e. The van der Waals surface area contributed by atoms with E-state index in [4.69, 9.17) is 13.9 Å². The summed E-state index contributed by atoms with van der Waals surface area (Å²) in [6.07, 6.45) is 2.09. The van der Waals surface area contributed by atoms with E-state index in [9.17, 15) is 4.79 Å². The number of hydrogen-bond acceptors (Lipinski definition) is 6. The van der Waals surface area contributed by atoms with E-state index in [1.807, 2.05) is 24.3 Å². The molecule has 0 aliphatic heterocycles. The van der Waals surface area contributed by atoms with Crippen LogP contribution in [0.15, 0.2) is 34.9 Å². The number of esters is 1. The highest BCUT2D eigenvalue weighted by Gasteiger charge is 2.12. The van der Waals surface area contributed by atoms with E-state index in [1.54, 1.807) is 14.0 Å². The maximum absolute atomic E-state index is 11.4. The van der Waals surface area contributed by atoms with Crippen LogP contribution in [0.25, 0.3) is 0 Å². The normalized spacial score (nSPS) is 10.2. The van der Waals surface area contributed by atoms with E-state index in [0.717, 1.165) is 12.2 Å². The van der Waals surface area contributed by atoms with Crippen LogP contribution in [0, 0.1) is 0 Å². The van der Waals surface area contributed by atoms with Crippen molar-refractivity contribution in [3.63, 3.8) is 0 Å². The number of benzene rings is 1. The zero-order valence-corrected chi connectivity index (χ0v) is 12.1. The lowest BCUT2D eigenvalue weighted by atomic mass is 10.1. The molecule has 21 heavy (non-hydrogen) atoms. The predicted octanol–water partition coefficient (Wildman–Crippen LogP) is 2.51. The maximum Gasteiger partial charge on any atom is 0.360 e. The molecule has 1 heterocycles. The monoisotopic (exact) mass is 290 g/mol. The van der Waals surface area contributed by atoms with E-state index in [-0.39, 0.29) is 5.69 Å². The van der Waals surface area contributed by atoms with Gasteiger partial charge in [-0.15, -0.1) is 0 Å². The molecular formula is C15H18N2O4. The molecule has 1 N–H and O–H groups in total. The Hall–Kier alpha value is -2.50. The zero-order chi connectivity index (χ0) is 15.1. The van der Waals surface area contributed by atoms with Crippen molar-refractivity contribution in [2.24, 2.45) is 0 Å². The minimum absolute atomic E-state index is 0.170. The molecule has 2 aromatic rings. The number of ether oxygens (including phenoxy) is 2. The molecule has 0 saturated heterocycles. The quantitative estimate of drug-likeness (QED) is 0.790. The maximum atomic E-state index is 11.4. The number of anilines is 1. The Morgan fingerprint density at radius 2 is 2.10 bits per heavy atom. The first-order valence-electron chi connectivity index (χ1n) is 6.72. The summed E-state index contributed by atoms with van der Waals surface area (Å²) in [5.74, 6) is 0.350. The minimum Gasteiger partial charge on any atom is -0.497 e. The fourth-order valence-electron chi connectivity index (χ4n) is 1.76. The van der Waals surface area contributed by atoms with Gasteiger partial charge in [0, 0.05) is 6.54 Å². The first kappa shape index (κ1) is 14.9. The molecule has 0 amide bonds. The van der Waals surface area contributed by atoms with Crippen molar-refractivity contribution in [2.45, 2.75) is 13.3 Å². The van der Waals surface area contributed by atoms with Crippen LogP contribution in [0.1, 0.15) is 23.0 Å². The molecule has 0 atom stereocenters. The number of carbonyl (C=O) groups excluding carboxylic acids is 1. The molecule has 6 nitrogen and oxygen atoms in total. The van der Waals surface area contributed by atoms with Crippen molar-refractivity contribution in [3.05, 3.63) is 41.8 Å². The van der Waals surface area contributed by atoms with Gasteiger partial charge in [0.1, 0.15) is 12.0 Å². The molecule has 0 aliphatic rings. The highest BCUT2D eigenvalue weighted by molar-refractivity contribution is 5.87. The van der Waals surface area contributed by atoms with Gasteiger partial charge in [-0.3, -0.25) is 0 Å². The Kier molecular flexibility index (Phi) is 5.20. The minimum atomic E-state index is -0.482. The van der Waals surface area contributed by atoms with E-state index < -0.39 is 5.97 Å². The molecule has 0 aliphatic carbocycles. The van der Waals surface area contributed by atoms with Crippen LogP contribution in [-0.2, 0) is 11.2 Å². The van der Waals surface area contributed by atoms with Crippen molar-refractivity contribution in [1.82, 2.24) is 4.98 Å². The molecule has 1 aromatic heterocycles. The van der Waals surface area contributed by atoms with Gasteiger partial charge in [0.05, 0.1) is 13.7 Å². The summed E-state index contributed by atoms with van der Waals surface area (Å²) in [5, 5.41) is 3.02. The second-order valence-corrected chi connectivity index (χ2v) is 4.28. The van der Waals surface area contributed by atoms with Gasteiger partial charge in [-0.05, 0) is 31.0 Å². The molecule has 0 saturated carbocycles. The Bertz CT molecular complexity index is 578. The van der Waals surface area contributed by atoms with Crippen LogP contribution >= 0.6 is 0 Å². The van der Waals surface area contributed by atoms with E-state index >= 15 is 0 Å². The zero-order valence-electron chi connectivity index (χ0n) is 12.1. The van der Waals surface area contributed by atoms with Crippen LogP contribution in [-0.4, -0.2) is 31.2 Å². The lowest BCUT2D eigenvalue weighted by molar-refractivity contribution is 0.0519. The average Bonchev–Trinajstić information content (AvgIpc) is 2.97. The van der Waals surface area contributed by atoms with Gasteiger partial charge in [-0.25, -0.2) is 4.79 Å². The summed E-state index contributed by atoms with van der Waals surface area (Å²) >= 11 is 0. The number of nitrogens with one attached hydrogen (secondary N) is 1. The molecule has 0 bridgehead atoms. The summed E-state index contributed by atoms with van der Waals surface area (Å²) in [4.78, 5) is 15.4. The Morgan fingerprint density at radius 3 is 2.76 bits per heavy atom. The molecule has 6 heteroatoms. The van der Waals surface area contributed by atoms with E-state index in [0.29, 0.717) is 19.2 Å². The lowest BCUT2D eigenvalue weighted by Crippen LogP contribution is -2.07. The first-order valence-corrected chi connectivity index (χ1v) is 6.72. The Morgan fingerprint density at radius 1 is 1.33 bits per heavy atom. The molecule has 0 fully saturated rings. The fourth-order valence-corrected chi connectivity index (χ4v) is 1.76. The van der Waals surface area contributed by atoms with Crippen molar-refractivity contribution >= 4 is 12.0 Å². The van der Waals surface area contributed by atoms with Crippen molar-refractivity contribution in [1.29, 1.82) is 0 Å². The number of hydrogen-bond donors (Lipinski definition) is 1. The number of carbonyl (C=O) groups is 1. The molecule has 1 aromatic carbocycles. The van der Waals surface area contributed by atoms with Gasteiger partial charge in [0.2, 0.25) is 0 Å². The van der Waals surface area contributed by atoms with Gasteiger partial charge in [0.15, 0.2) is 5.69 Å². The van der Waals surface area contributed by atoms with Crippen LogP contribution in [0.3, 0.4) is 0 Å². The number of nitrogens with zero attached hydrogens (tertiary/aromatic N) is 1. The smallest absolute Gasteiger partial charge is 0.360 e. The molecule has 112 valence electrons. The topological polar surface area (TPSA) is 73.6 Å². The number of oxazole rings is 1. The van der Waals surface area contributed by atoms with Gasteiger partial charge in [-0.2, -0.15) is 4.98 Å². The summed E-state index contributed by atoms with van der Waals surface area (Å²) in [6, 6.07) is 8.14. The summed E-state index contributed by atoms with van der Waals surface area (Å²) in [6.45, 7) is 2.70. The number of methoxy groups -OCH3 is 1. The van der Waals surface area contributed by atoms with Crippen molar-refractivity contribution in [3.8, 4) is 5.75 Å². The van der Waals surface area contributed by atoms with Crippen molar-refractivity contribution < 1.29 is 18.7 Å². The summed E-state index contributed by atoms with van der Waals surface area (Å²) in [7, 11) is 1.64. The third-order valence-electron chi connectivity index (χ3n) is 2.84. The number of aromatic nitrogens is 1. The van der Waals surface area contributed by atoms with Crippen LogP contribution in [0.5, 0.6) is 5.75 Å². The fraction of sp³-hybridized carbons (Fsp3) is 0.333. The molecule has 0 unspecified atom stereocenters. The van der Waals surface area contributed by atoms with Crippen LogP contribution in [0.2, 0.25) is 0 Å². The summed E-state index contributed by atoms with van der Waals surface area (Å²) < 4.78 is 15.1. The molecule has 2 rings (SSSR count). The van der Waals surface area contributed by atoms with Crippen LogP contribution in [0.4, 0.5) is 6.01 Å². The lowest BCUT2D eigenvalue weighted by Gasteiger charge is -2.04. The highest BCUT2D eigenvalue weighted by Crippen LogP contribution is 2.12. The van der Waals surface area contributed by atoms with Crippen LogP contribution < -0.4 is 10.1 Å². The van der Waals surface area contributed by atoms with Crippen molar-refractivity contribution in [2.75, 3.05) is 25.6 Å². The Labute approximate surface area is 123 Å². The Balaban J connectivity index is 1.81. The van der Waals surface area contributed by atoms with E-state index in [2.05, 4.69) is 10.3 Å². The molecule has 0 radical (unpaired) electrons. The average molecular weight is 290 g/mol. The molecule has 0 spiro atoms. The number of rotatable bonds is 7. The predicted molar refractivity (Wildman–Crippen MR) is 77.6 cm³/mol. The standard InChI is InChI=1S/C15H18N2O4/c1-3-20-14(18)13-10-21-15(17-13)16-9-8-11-4-6-12(19-2)7-5-11/h4-7,10H,3,8-9H2,1-2H3,(H,16,17). The second kappa shape index (κ2) is 7.33. The SMILES string of the molecule is CCOC(=O)c1coc(NCCc2ccc(OC)cc2)n1. The van der Waals surface area contributed by atoms with E-state index in [1.165, 1.54) is 11.8 Å². The van der Waals surface area contributed by atoms with Gasteiger partial charge in [0.25, 0.3) is 6.01 Å². The second-order valence-electron chi connectivity index (χ2n) is 4.28. The highest BCUT2D eigenvalue weighted by atomic mass is 16.5. The summed E-state index contributed by atoms with van der Waals surface area (Å²) in [5.41, 5.74) is 1.34. The van der Waals surface area contributed by atoms with Gasteiger partial charge in [-0.1, -0.05) is 12.1 Å². The first-order chi connectivity index (χ1) is 10.2. The molecular weight excluding hydrogens is 272 g/mol.